The van der Waals surface area contributed by atoms with Crippen molar-refractivity contribution >= 4 is 56.1 Å². The first-order valence-electron chi connectivity index (χ1n) is 8.37. The van der Waals surface area contributed by atoms with Crippen LogP contribution in [0.5, 0.6) is 0 Å². The Morgan fingerprint density at radius 2 is 1.85 bits per heavy atom. The fraction of sp³-hybridized carbons (Fsp3) is 0.0476. The van der Waals surface area contributed by atoms with Gasteiger partial charge in [0.25, 0.3) is 5.91 Å². The lowest BCUT2D eigenvalue weighted by molar-refractivity contribution is 0.102. The van der Waals surface area contributed by atoms with Gasteiger partial charge in [0.2, 0.25) is 0 Å². The molecule has 0 fully saturated rings. The maximum absolute atomic E-state index is 12.9. The monoisotopic (exact) mass is 393 g/mol. The van der Waals surface area contributed by atoms with Gasteiger partial charge in [-0.25, -0.2) is 4.98 Å². The van der Waals surface area contributed by atoms with Crippen molar-refractivity contribution in [3.05, 3.63) is 82.3 Å². The predicted molar refractivity (Wildman–Crippen MR) is 113 cm³/mol. The topological polar surface area (TPSA) is 54.0 Å². The van der Waals surface area contributed by atoms with Gasteiger partial charge in [0.05, 0.1) is 27.0 Å². The number of carbonyl (C=O) groups excluding carboxylic acids is 1. The summed E-state index contributed by atoms with van der Waals surface area (Å²) < 4.78 is 1.04. The molecule has 27 heavy (non-hydrogen) atoms. The minimum absolute atomic E-state index is 0.179. The van der Waals surface area contributed by atoms with Crippen molar-refractivity contribution in [2.24, 2.45) is 0 Å². The fourth-order valence-electron chi connectivity index (χ4n) is 2.81. The number of hydrogen-bond acceptors (Lipinski definition) is 4. The van der Waals surface area contributed by atoms with E-state index in [1.807, 2.05) is 61.5 Å². The van der Waals surface area contributed by atoms with E-state index in [0.717, 1.165) is 32.8 Å². The summed E-state index contributed by atoms with van der Waals surface area (Å²) in [6, 6.07) is 18.8. The lowest BCUT2D eigenvalue weighted by Crippen LogP contribution is -2.14. The summed E-state index contributed by atoms with van der Waals surface area (Å²) in [5.41, 5.74) is 6.55. The van der Waals surface area contributed by atoms with Gasteiger partial charge < -0.3 is 10.6 Å². The summed E-state index contributed by atoms with van der Waals surface area (Å²) in [5, 5.41) is 6.97. The van der Waals surface area contributed by atoms with E-state index in [4.69, 9.17) is 11.6 Å². The van der Waals surface area contributed by atoms with E-state index in [1.54, 1.807) is 22.9 Å². The highest BCUT2D eigenvalue weighted by atomic mass is 35.5. The summed E-state index contributed by atoms with van der Waals surface area (Å²) in [7, 11) is 0. The van der Waals surface area contributed by atoms with Crippen molar-refractivity contribution in [2.75, 3.05) is 10.6 Å². The number of carbonyl (C=O) groups is 1. The standard InChI is InChI=1S/C21H16ClN3OS/c1-13-16(22)6-4-8-17(13)25-18-7-3-2-5-15(18)21(26)24-14-9-10-19-20(11-14)27-12-23-19/h2-12,25H,1H3,(H,24,26). The van der Waals surface area contributed by atoms with Crippen LogP contribution in [0.4, 0.5) is 17.1 Å². The highest BCUT2D eigenvalue weighted by Gasteiger charge is 2.13. The van der Waals surface area contributed by atoms with Gasteiger partial charge in [-0.3, -0.25) is 4.79 Å². The van der Waals surface area contributed by atoms with Crippen LogP contribution < -0.4 is 10.6 Å². The Kier molecular flexibility index (Phi) is 4.79. The molecular formula is C21H16ClN3OS. The number of para-hydroxylation sites is 1. The van der Waals surface area contributed by atoms with Crippen LogP contribution >= 0.6 is 22.9 Å². The number of halogens is 1. The number of thiazole rings is 1. The summed E-state index contributed by atoms with van der Waals surface area (Å²) in [6.07, 6.45) is 0. The molecule has 6 heteroatoms. The SMILES string of the molecule is Cc1c(Cl)cccc1Nc1ccccc1C(=O)Nc1ccc2ncsc2c1. The number of fused-ring (bicyclic) bond motifs is 1. The molecule has 0 saturated heterocycles. The van der Waals surface area contributed by atoms with Gasteiger partial charge >= 0.3 is 0 Å². The van der Waals surface area contributed by atoms with Gasteiger partial charge in [-0.1, -0.05) is 29.8 Å². The smallest absolute Gasteiger partial charge is 0.257 e. The summed E-state index contributed by atoms with van der Waals surface area (Å²) >= 11 is 7.75. The molecule has 1 amide bonds. The lowest BCUT2D eigenvalue weighted by Gasteiger charge is -2.14. The molecule has 0 aliphatic rings. The minimum atomic E-state index is -0.179. The fourth-order valence-corrected chi connectivity index (χ4v) is 3.70. The molecular weight excluding hydrogens is 378 g/mol. The first-order chi connectivity index (χ1) is 13.1. The number of anilines is 3. The highest BCUT2D eigenvalue weighted by molar-refractivity contribution is 7.16. The zero-order valence-electron chi connectivity index (χ0n) is 14.5. The number of nitrogens with one attached hydrogen (secondary N) is 2. The molecule has 4 aromatic rings. The Bertz CT molecular complexity index is 1140. The van der Waals surface area contributed by atoms with E-state index in [1.165, 1.54) is 0 Å². The number of rotatable bonds is 4. The molecule has 0 bridgehead atoms. The zero-order chi connectivity index (χ0) is 18.8. The third-order valence-corrected chi connectivity index (χ3v) is 5.50. The van der Waals surface area contributed by atoms with E-state index in [-0.39, 0.29) is 5.91 Å². The molecule has 1 heterocycles. The van der Waals surface area contributed by atoms with Crippen LogP contribution in [0.25, 0.3) is 10.2 Å². The number of aromatic nitrogens is 1. The average Bonchev–Trinajstić information content (AvgIpc) is 3.13. The normalized spacial score (nSPS) is 10.7. The van der Waals surface area contributed by atoms with Crippen LogP contribution in [0.2, 0.25) is 5.02 Å². The molecule has 0 spiro atoms. The molecule has 4 rings (SSSR count). The van der Waals surface area contributed by atoms with Gasteiger partial charge in [0.15, 0.2) is 0 Å². The second-order valence-corrected chi connectivity index (χ2v) is 7.37. The van der Waals surface area contributed by atoms with E-state index in [0.29, 0.717) is 10.6 Å². The molecule has 134 valence electrons. The molecule has 0 aliphatic heterocycles. The zero-order valence-corrected chi connectivity index (χ0v) is 16.1. The summed E-state index contributed by atoms with van der Waals surface area (Å²) in [6.45, 7) is 1.94. The van der Waals surface area contributed by atoms with E-state index < -0.39 is 0 Å². The van der Waals surface area contributed by atoms with Crippen molar-refractivity contribution in [3.63, 3.8) is 0 Å². The third kappa shape index (κ3) is 3.65. The Morgan fingerprint density at radius 3 is 2.74 bits per heavy atom. The first-order valence-corrected chi connectivity index (χ1v) is 9.63. The Labute approximate surface area is 165 Å². The van der Waals surface area contributed by atoms with Crippen molar-refractivity contribution in [1.29, 1.82) is 0 Å². The van der Waals surface area contributed by atoms with Gasteiger partial charge in [-0.05, 0) is 55.0 Å². The minimum Gasteiger partial charge on any atom is -0.355 e. The van der Waals surface area contributed by atoms with Gasteiger partial charge in [-0.15, -0.1) is 11.3 Å². The predicted octanol–water partition coefficient (Wildman–Crippen LogP) is 6.25. The number of benzene rings is 3. The van der Waals surface area contributed by atoms with E-state index >= 15 is 0 Å². The summed E-state index contributed by atoms with van der Waals surface area (Å²) in [5.74, 6) is -0.179. The van der Waals surface area contributed by atoms with Crippen LogP contribution in [0.1, 0.15) is 15.9 Å². The Morgan fingerprint density at radius 1 is 1.04 bits per heavy atom. The van der Waals surface area contributed by atoms with Crippen LogP contribution in [-0.4, -0.2) is 10.9 Å². The molecule has 0 aliphatic carbocycles. The maximum atomic E-state index is 12.9. The van der Waals surface area contributed by atoms with Crippen LogP contribution in [0.3, 0.4) is 0 Å². The molecule has 4 nitrogen and oxygen atoms in total. The van der Waals surface area contributed by atoms with Crippen molar-refractivity contribution in [3.8, 4) is 0 Å². The second-order valence-electron chi connectivity index (χ2n) is 6.07. The molecule has 1 aromatic heterocycles. The quantitative estimate of drug-likeness (QED) is 0.430. The molecule has 0 radical (unpaired) electrons. The third-order valence-electron chi connectivity index (χ3n) is 4.30. The van der Waals surface area contributed by atoms with Gasteiger partial charge in [0.1, 0.15) is 0 Å². The molecule has 2 N–H and O–H groups in total. The van der Waals surface area contributed by atoms with E-state index in [9.17, 15) is 4.79 Å². The number of hydrogen-bond donors (Lipinski definition) is 2. The van der Waals surface area contributed by atoms with E-state index in [2.05, 4.69) is 15.6 Å². The van der Waals surface area contributed by atoms with Gasteiger partial charge in [0, 0.05) is 16.4 Å². The number of amides is 1. The van der Waals surface area contributed by atoms with Crippen LogP contribution in [0.15, 0.2) is 66.2 Å². The summed E-state index contributed by atoms with van der Waals surface area (Å²) in [4.78, 5) is 17.1. The molecule has 0 atom stereocenters. The average molecular weight is 394 g/mol. The van der Waals surface area contributed by atoms with Crippen molar-refractivity contribution in [1.82, 2.24) is 4.98 Å². The lowest BCUT2D eigenvalue weighted by atomic mass is 10.1. The number of nitrogens with zero attached hydrogens (tertiary/aromatic N) is 1. The molecule has 0 unspecified atom stereocenters. The largest absolute Gasteiger partial charge is 0.355 e. The molecule has 0 saturated carbocycles. The highest BCUT2D eigenvalue weighted by Crippen LogP contribution is 2.28. The van der Waals surface area contributed by atoms with Crippen LogP contribution in [-0.2, 0) is 0 Å². The van der Waals surface area contributed by atoms with Crippen LogP contribution in [0, 0.1) is 6.92 Å². The van der Waals surface area contributed by atoms with Crippen molar-refractivity contribution in [2.45, 2.75) is 6.92 Å². The maximum Gasteiger partial charge on any atom is 0.257 e. The second kappa shape index (κ2) is 7.39. The first kappa shape index (κ1) is 17.5. The Hall–Kier alpha value is -2.89. The molecule has 3 aromatic carbocycles. The Balaban J connectivity index is 1.61. The van der Waals surface area contributed by atoms with Gasteiger partial charge in [-0.2, -0.15) is 0 Å². The van der Waals surface area contributed by atoms with Crippen molar-refractivity contribution < 1.29 is 4.79 Å².